The molecule has 3 aromatic rings. The van der Waals surface area contributed by atoms with Crippen LogP contribution < -0.4 is 10.6 Å². The second-order valence-corrected chi connectivity index (χ2v) is 10.7. The lowest BCUT2D eigenvalue weighted by molar-refractivity contribution is -0.385. The molecule has 1 heterocycles. The van der Waals surface area contributed by atoms with Crippen molar-refractivity contribution in [2.24, 2.45) is 7.05 Å². The van der Waals surface area contributed by atoms with Crippen molar-refractivity contribution in [2.45, 2.75) is 76.0 Å². The van der Waals surface area contributed by atoms with Gasteiger partial charge in [-0.2, -0.15) is 5.10 Å². The predicted octanol–water partition coefficient (Wildman–Crippen LogP) is 6.93. The van der Waals surface area contributed by atoms with Crippen molar-refractivity contribution in [2.75, 3.05) is 10.6 Å². The van der Waals surface area contributed by atoms with Gasteiger partial charge in [-0.05, 0) is 72.9 Å². The van der Waals surface area contributed by atoms with Gasteiger partial charge in [0.25, 0.3) is 11.8 Å². The van der Waals surface area contributed by atoms with Crippen LogP contribution in [0.15, 0.2) is 48.5 Å². The zero-order valence-corrected chi connectivity index (χ0v) is 22.3. The molecule has 2 aliphatic rings. The molecule has 0 atom stereocenters. The lowest BCUT2D eigenvalue weighted by atomic mass is 9.84. The second-order valence-electron chi connectivity index (χ2n) is 10.7. The summed E-state index contributed by atoms with van der Waals surface area (Å²) in [6.07, 6.45) is 12.2. The SMILES string of the molecule is Cn1nc(C(=O)Nc2ccc(C3CCCCC3)cc2)c([N+](=O)[O-])c1C(=O)Nc1ccc(C2CCCCC2)cc1. The highest BCUT2D eigenvalue weighted by atomic mass is 16.6. The first-order valence-electron chi connectivity index (χ1n) is 13.9. The first-order chi connectivity index (χ1) is 18.9. The van der Waals surface area contributed by atoms with Crippen LogP contribution in [0.1, 0.15) is 108 Å². The maximum atomic E-state index is 13.1. The van der Waals surface area contributed by atoms with Crippen molar-refractivity contribution in [3.8, 4) is 0 Å². The van der Waals surface area contributed by atoms with E-state index < -0.39 is 28.1 Å². The molecule has 0 saturated heterocycles. The Morgan fingerprint density at radius 2 is 1.21 bits per heavy atom. The third-order valence-corrected chi connectivity index (χ3v) is 8.13. The average Bonchev–Trinajstić information content (AvgIpc) is 3.32. The summed E-state index contributed by atoms with van der Waals surface area (Å²) >= 11 is 0. The number of hydrogen-bond acceptors (Lipinski definition) is 5. The lowest BCUT2D eigenvalue weighted by Gasteiger charge is -2.22. The van der Waals surface area contributed by atoms with E-state index in [2.05, 4.69) is 15.7 Å². The summed E-state index contributed by atoms with van der Waals surface area (Å²) in [5.41, 5.74) is 2.21. The molecule has 9 nitrogen and oxygen atoms in total. The molecule has 2 fully saturated rings. The van der Waals surface area contributed by atoms with Gasteiger partial charge in [-0.15, -0.1) is 0 Å². The minimum atomic E-state index is -0.737. The molecule has 0 aliphatic heterocycles. The minimum Gasteiger partial charge on any atom is -0.320 e. The summed E-state index contributed by atoms with van der Waals surface area (Å²) in [5, 5.41) is 21.5. The molecule has 2 N–H and O–H groups in total. The molecule has 2 saturated carbocycles. The minimum absolute atomic E-state index is 0.283. The van der Waals surface area contributed by atoms with Crippen LogP contribution in [0.3, 0.4) is 0 Å². The maximum absolute atomic E-state index is 13.1. The van der Waals surface area contributed by atoms with Crippen LogP contribution in [-0.4, -0.2) is 26.5 Å². The highest BCUT2D eigenvalue weighted by Crippen LogP contribution is 2.34. The van der Waals surface area contributed by atoms with Crippen LogP contribution in [0.25, 0.3) is 0 Å². The van der Waals surface area contributed by atoms with Crippen LogP contribution in [0.5, 0.6) is 0 Å². The zero-order chi connectivity index (χ0) is 27.4. The standard InChI is InChI=1S/C30H35N5O4/c1-34-28(30(37)32-25-18-14-23(15-19-25)21-10-6-3-7-11-21)27(35(38)39)26(33-34)29(36)31-24-16-12-22(13-17-24)20-8-4-2-5-9-20/h12-21H,2-11H2,1H3,(H,31,36)(H,32,37). The predicted molar refractivity (Wildman–Crippen MR) is 150 cm³/mol. The van der Waals surface area contributed by atoms with Gasteiger partial charge in [0.1, 0.15) is 0 Å². The van der Waals surface area contributed by atoms with Crippen molar-refractivity contribution in [3.63, 3.8) is 0 Å². The lowest BCUT2D eigenvalue weighted by Crippen LogP contribution is -2.18. The number of nitrogens with zero attached hydrogens (tertiary/aromatic N) is 3. The number of rotatable bonds is 7. The Labute approximate surface area is 228 Å². The fourth-order valence-electron chi connectivity index (χ4n) is 6.02. The third-order valence-electron chi connectivity index (χ3n) is 8.13. The number of nitro groups is 1. The third kappa shape index (κ3) is 6.02. The Balaban J connectivity index is 1.30. The number of hydrogen-bond donors (Lipinski definition) is 2. The van der Waals surface area contributed by atoms with Gasteiger partial charge in [0.2, 0.25) is 11.4 Å². The Bertz CT molecular complexity index is 1330. The monoisotopic (exact) mass is 529 g/mol. The van der Waals surface area contributed by atoms with Crippen molar-refractivity contribution in [1.29, 1.82) is 0 Å². The summed E-state index contributed by atoms with van der Waals surface area (Å²) in [6.45, 7) is 0. The number of aryl methyl sites for hydroxylation is 1. The molecule has 1 aromatic heterocycles. The summed E-state index contributed by atoms with van der Waals surface area (Å²) in [6, 6.07) is 15.2. The van der Waals surface area contributed by atoms with Gasteiger partial charge in [0.05, 0.1) is 4.92 Å². The molecule has 204 valence electrons. The van der Waals surface area contributed by atoms with Crippen molar-refractivity contribution >= 4 is 28.9 Å². The van der Waals surface area contributed by atoms with Crippen LogP contribution >= 0.6 is 0 Å². The molecule has 5 rings (SSSR count). The van der Waals surface area contributed by atoms with E-state index in [-0.39, 0.29) is 5.69 Å². The molecule has 0 radical (unpaired) electrons. The number of anilines is 2. The van der Waals surface area contributed by atoms with Gasteiger partial charge < -0.3 is 10.6 Å². The van der Waals surface area contributed by atoms with E-state index in [1.54, 1.807) is 12.1 Å². The smallest absolute Gasteiger partial charge is 0.320 e. The van der Waals surface area contributed by atoms with E-state index in [9.17, 15) is 19.7 Å². The average molecular weight is 530 g/mol. The van der Waals surface area contributed by atoms with E-state index in [1.807, 2.05) is 36.4 Å². The molecule has 0 bridgehead atoms. The topological polar surface area (TPSA) is 119 Å². The number of carbonyl (C=O) groups is 2. The molecule has 39 heavy (non-hydrogen) atoms. The van der Waals surface area contributed by atoms with Gasteiger partial charge >= 0.3 is 5.69 Å². The summed E-state index contributed by atoms with van der Waals surface area (Å²) < 4.78 is 1.09. The number of benzene rings is 2. The van der Waals surface area contributed by atoms with Crippen molar-refractivity contribution in [1.82, 2.24) is 9.78 Å². The fraction of sp³-hybridized carbons (Fsp3) is 0.433. The molecular formula is C30H35N5O4. The second kappa shape index (κ2) is 11.8. The van der Waals surface area contributed by atoms with Crippen LogP contribution in [0.4, 0.5) is 17.1 Å². The molecule has 0 spiro atoms. The first-order valence-corrected chi connectivity index (χ1v) is 13.9. The Morgan fingerprint density at radius 3 is 1.64 bits per heavy atom. The van der Waals surface area contributed by atoms with Gasteiger partial charge in [-0.25, -0.2) is 0 Å². The van der Waals surface area contributed by atoms with Gasteiger partial charge in [0, 0.05) is 18.4 Å². The zero-order valence-electron chi connectivity index (χ0n) is 22.3. The summed E-state index contributed by atoms with van der Waals surface area (Å²) in [5.74, 6) is -0.368. The highest BCUT2D eigenvalue weighted by molar-refractivity contribution is 6.12. The van der Waals surface area contributed by atoms with E-state index >= 15 is 0 Å². The molecule has 9 heteroatoms. The number of amides is 2. The highest BCUT2D eigenvalue weighted by Gasteiger charge is 2.35. The molecule has 2 amide bonds. The summed E-state index contributed by atoms with van der Waals surface area (Å²) in [4.78, 5) is 37.4. The summed E-state index contributed by atoms with van der Waals surface area (Å²) in [7, 11) is 1.42. The largest absolute Gasteiger partial charge is 0.333 e. The van der Waals surface area contributed by atoms with Gasteiger partial charge in [-0.1, -0.05) is 62.8 Å². The quantitative estimate of drug-likeness (QED) is 0.254. The van der Waals surface area contributed by atoms with Gasteiger partial charge in [0.15, 0.2) is 0 Å². The normalized spacial score (nSPS) is 16.5. The van der Waals surface area contributed by atoms with E-state index in [1.165, 1.54) is 82.4 Å². The maximum Gasteiger partial charge on any atom is 0.333 e. The molecule has 2 aliphatic carbocycles. The number of nitrogens with one attached hydrogen (secondary N) is 2. The Kier molecular flexibility index (Phi) is 8.05. The number of aromatic nitrogens is 2. The molecule has 2 aromatic carbocycles. The van der Waals surface area contributed by atoms with E-state index in [0.717, 1.165) is 4.68 Å². The van der Waals surface area contributed by atoms with Crippen molar-refractivity contribution in [3.05, 3.63) is 81.2 Å². The Morgan fingerprint density at radius 1 is 0.769 bits per heavy atom. The fourth-order valence-corrected chi connectivity index (χ4v) is 6.02. The van der Waals surface area contributed by atoms with Gasteiger partial charge in [-0.3, -0.25) is 24.4 Å². The van der Waals surface area contributed by atoms with Crippen LogP contribution in [0.2, 0.25) is 0 Å². The Hall–Kier alpha value is -4.01. The van der Waals surface area contributed by atoms with E-state index in [4.69, 9.17) is 0 Å². The first kappa shape index (κ1) is 26.6. The van der Waals surface area contributed by atoms with Crippen molar-refractivity contribution < 1.29 is 14.5 Å². The van der Waals surface area contributed by atoms with E-state index in [0.29, 0.717) is 23.2 Å². The van der Waals surface area contributed by atoms with Crippen LogP contribution in [-0.2, 0) is 7.05 Å². The van der Waals surface area contributed by atoms with Crippen LogP contribution in [0, 0.1) is 10.1 Å². The number of carbonyl (C=O) groups excluding carboxylic acids is 2. The molecular weight excluding hydrogens is 494 g/mol. The molecule has 0 unspecified atom stereocenters.